The molecule has 0 saturated carbocycles. The SMILES string of the molecule is Clc1ccc(C(c2ccc(Cl)cc2)N2CCN(CC(OCc3ccc(Cl)cc3Cl)c3ccc(Cl)cc3Cl)C2)cc1. The molecule has 0 N–H and O–H groups in total. The second-order valence-corrected chi connectivity index (χ2v) is 12.3. The minimum atomic E-state index is -0.305. The number of ether oxygens (including phenoxy) is 1. The zero-order valence-electron chi connectivity index (χ0n) is 21.3. The molecular weight excluding hydrogens is 629 g/mol. The number of halogens is 6. The summed E-state index contributed by atoms with van der Waals surface area (Å²) < 4.78 is 6.46. The molecule has 9 heteroatoms. The Labute approximate surface area is 265 Å². The van der Waals surface area contributed by atoms with Crippen molar-refractivity contribution in [2.75, 3.05) is 26.3 Å². The van der Waals surface area contributed by atoms with Crippen molar-refractivity contribution in [2.24, 2.45) is 0 Å². The fourth-order valence-corrected chi connectivity index (χ4v) is 6.24. The number of benzene rings is 4. The van der Waals surface area contributed by atoms with Crippen molar-refractivity contribution in [2.45, 2.75) is 18.8 Å². The van der Waals surface area contributed by atoms with Crippen LogP contribution in [-0.4, -0.2) is 36.1 Å². The van der Waals surface area contributed by atoms with Gasteiger partial charge in [0.05, 0.1) is 25.4 Å². The predicted octanol–water partition coefficient (Wildman–Crippen LogP) is 10.2. The summed E-state index contributed by atoms with van der Waals surface area (Å²) in [6.07, 6.45) is -0.305. The van der Waals surface area contributed by atoms with Gasteiger partial charge in [0.15, 0.2) is 0 Å². The number of nitrogens with zero attached hydrogens (tertiary/aromatic N) is 2. The molecule has 5 rings (SSSR count). The van der Waals surface area contributed by atoms with Gasteiger partial charge in [0.1, 0.15) is 0 Å². The minimum Gasteiger partial charge on any atom is -0.367 e. The van der Waals surface area contributed by atoms with Gasteiger partial charge in [-0.2, -0.15) is 0 Å². The molecule has 1 atom stereocenters. The van der Waals surface area contributed by atoms with Crippen LogP contribution < -0.4 is 0 Å². The van der Waals surface area contributed by atoms with Crippen LogP contribution in [0.3, 0.4) is 0 Å². The Morgan fingerprint density at radius 1 is 0.625 bits per heavy atom. The fourth-order valence-electron chi connectivity index (χ4n) is 5.00. The molecule has 3 nitrogen and oxygen atoms in total. The van der Waals surface area contributed by atoms with Gasteiger partial charge < -0.3 is 4.74 Å². The molecule has 1 aliphatic rings. The van der Waals surface area contributed by atoms with E-state index >= 15 is 0 Å². The normalized spacial score (nSPS) is 15.2. The van der Waals surface area contributed by atoms with Crippen molar-refractivity contribution in [3.05, 3.63) is 137 Å². The lowest BCUT2D eigenvalue weighted by Crippen LogP contribution is -2.32. The molecule has 0 amide bonds. The Hall–Kier alpha value is -1.50. The Kier molecular flexibility index (Phi) is 10.2. The van der Waals surface area contributed by atoms with Crippen LogP contribution in [0.1, 0.15) is 34.4 Å². The highest BCUT2D eigenvalue weighted by molar-refractivity contribution is 6.35. The maximum Gasteiger partial charge on any atom is 0.0971 e. The monoisotopic (exact) mass is 652 g/mol. The molecule has 4 aromatic carbocycles. The lowest BCUT2D eigenvalue weighted by atomic mass is 9.97. The highest BCUT2D eigenvalue weighted by atomic mass is 35.5. The van der Waals surface area contributed by atoms with Crippen molar-refractivity contribution in [3.63, 3.8) is 0 Å². The van der Waals surface area contributed by atoms with Crippen LogP contribution >= 0.6 is 69.6 Å². The Morgan fingerprint density at radius 3 is 1.75 bits per heavy atom. The van der Waals surface area contributed by atoms with Crippen LogP contribution in [0.25, 0.3) is 0 Å². The topological polar surface area (TPSA) is 15.7 Å². The molecule has 0 spiro atoms. The summed E-state index contributed by atoms with van der Waals surface area (Å²) in [4.78, 5) is 4.82. The van der Waals surface area contributed by atoms with Gasteiger partial charge in [-0.1, -0.05) is 106 Å². The lowest BCUT2D eigenvalue weighted by molar-refractivity contribution is 0.0146. The van der Waals surface area contributed by atoms with E-state index in [-0.39, 0.29) is 12.1 Å². The summed E-state index contributed by atoms with van der Waals surface area (Å²) in [7, 11) is 0. The minimum absolute atomic E-state index is 0.0471. The van der Waals surface area contributed by atoms with Crippen LogP contribution in [0.15, 0.2) is 84.9 Å². The van der Waals surface area contributed by atoms with Crippen molar-refractivity contribution in [3.8, 4) is 0 Å². The highest BCUT2D eigenvalue weighted by Gasteiger charge is 2.31. The molecule has 1 aliphatic heterocycles. The first kappa shape index (κ1) is 30.0. The molecule has 1 heterocycles. The summed E-state index contributed by atoms with van der Waals surface area (Å²) in [5, 5.41) is 3.71. The van der Waals surface area contributed by atoms with Crippen LogP contribution in [-0.2, 0) is 11.3 Å². The van der Waals surface area contributed by atoms with Crippen molar-refractivity contribution >= 4 is 69.6 Å². The summed E-state index contributed by atoms with van der Waals surface area (Å²) in [5.74, 6) is 0. The summed E-state index contributed by atoms with van der Waals surface area (Å²) in [6, 6.07) is 27.0. The van der Waals surface area contributed by atoms with Crippen LogP contribution in [0.4, 0.5) is 0 Å². The maximum atomic E-state index is 6.65. The van der Waals surface area contributed by atoms with Gasteiger partial charge >= 0.3 is 0 Å². The van der Waals surface area contributed by atoms with Crippen molar-refractivity contribution in [1.29, 1.82) is 0 Å². The Morgan fingerprint density at radius 2 is 1.18 bits per heavy atom. The van der Waals surface area contributed by atoms with Gasteiger partial charge in [0, 0.05) is 55.3 Å². The first-order valence-electron chi connectivity index (χ1n) is 12.7. The predicted molar refractivity (Wildman–Crippen MR) is 168 cm³/mol. The first-order chi connectivity index (χ1) is 19.3. The van der Waals surface area contributed by atoms with Gasteiger partial charge in [-0.15, -0.1) is 0 Å². The molecular formula is C31H26Cl6N2O. The van der Waals surface area contributed by atoms with Gasteiger partial charge in [0.2, 0.25) is 0 Å². The van der Waals surface area contributed by atoms with Crippen molar-refractivity contribution < 1.29 is 4.74 Å². The van der Waals surface area contributed by atoms with Crippen LogP contribution in [0.5, 0.6) is 0 Å². The van der Waals surface area contributed by atoms with E-state index in [1.54, 1.807) is 12.1 Å². The highest BCUT2D eigenvalue weighted by Crippen LogP contribution is 2.35. The second-order valence-electron chi connectivity index (χ2n) is 9.74. The van der Waals surface area contributed by atoms with Gasteiger partial charge in [-0.25, -0.2) is 0 Å². The first-order valence-corrected chi connectivity index (χ1v) is 15.0. The van der Waals surface area contributed by atoms with E-state index in [0.29, 0.717) is 43.3 Å². The molecule has 0 aliphatic carbocycles. The summed E-state index contributed by atoms with van der Waals surface area (Å²) >= 11 is 37.8. The molecule has 208 valence electrons. The third-order valence-corrected chi connectivity index (χ3v) is 8.66. The zero-order valence-corrected chi connectivity index (χ0v) is 25.9. The standard InChI is InChI=1S/C31H26Cl6N2O/c32-23-6-1-20(2-7-23)31(21-3-8-24(33)9-4-21)39-14-13-38(19-39)17-30(27-12-11-26(35)16-29(27)37)40-18-22-5-10-25(34)15-28(22)36/h1-12,15-16,30-31H,13-14,17-19H2. The largest absolute Gasteiger partial charge is 0.367 e. The smallest absolute Gasteiger partial charge is 0.0971 e. The molecule has 0 radical (unpaired) electrons. The average molecular weight is 655 g/mol. The third kappa shape index (κ3) is 7.46. The molecule has 40 heavy (non-hydrogen) atoms. The van der Waals surface area contributed by atoms with E-state index in [9.17, 15) is 0 Å². The average Bonchev–Trinajstić information content (AvgIpc) is 3.38. The van der Waals surface area contributed by atoms with E-state index < -0.39 is 0 Å². The van der Waals surface area contributed by atoms with E-state index in [4.69, 9.17) is 74.3 Å². The number of hydrogen-bond acceptors (Lipinski definition) is 3. The molecule has 4 aromatic rings. The summed E-state index contributed by atoms with van der Waals surface area (Å²) in [6.45, 7) is 3.43. The van der Waals surface area contributed by atoms with Gasteiger partial charge in [-0.3, -0.25) is 9.80 Å². The number of hydrogen-bond donors (Lipinski definition) is 0. The maximum absolute atomic E-state index is 6.65. The molecule has 1 unspecified atom stereocenters. The Bertz CT molecular complexity index is 1400. The lowest BCUT2D eigenvalue weighted by Gasteiger charge is -2.30. The molecule has 0 bridgehead atoms. The molecule has 0 aromatic heterocycles. The third-order valence-electron chi connectivity index (χ3n) is 7.01. The Balaban J connectivity index is 1.37. The quantitative estimate of drug-likeness (QED) is 0.179. The van der Waals surface area contributed by atoms with Gasteiger partial charge in [-0.05, 0) is 65.2 Å². The summed E-state index contributed by atoms with van der Waals surface area (Å²) in [5.41, 5.74) is 4.07. The van der Waals surface area contributed by atoms with Crippen LogP contribution in [0, 0.1) is 0 Å². The van der Waals surface area contributed by atoms with E-state index in [2.05, 4.69) is 34.1 Å². The second kappa shape index (κ2) is 13.6. The van der Waals surface area contributed by atoms with E-state index in [0.717, 1.165) is 30.9 Å². The molecule has 1 fully saturated rings. The van der Waals surface area contributed by atoms with Gasteiger partial charge in [0.25, 0.3) is 0 Å². The molecule has 1 saturated heterocycles. The van der Waals surface area contributed by atoms with Crippen molar-refractivity contribution in [1.82, 2.24) is 9.80 Å². The zero-order chi connectivity index (χ0) is 28.2. The van der Waals surface area contributed by atoms with Crippen LogP contribution in [0.2, 0.25) is 30.1 Å². The van der Waals surface area contributed by atoms with E-state index in [1.807, 2.05) is 48.5 Å². The number of rotatable bonds is 9. The fraction of sp³-hybridized carbons (Fsp3) is 0.226. The van der Waals surface area contributed by atoms with E-state index in [1.165, 1.54) is 11.1 Å².